The number of hydrogen-bond acceptors (Lipinski definition) is 8. The summed E-state index contributed by atoms with van der Waals surface area (Å²) in [6, 6.07) is 3.84. The highest BCUT2D eigenvalue weighted by molar-refractivity contribution is 8.01. The van der Waals surface area contributed by atoms with Crippen LogP contribution >= 0.6 is 11.8 Å². The number of likely N-dealkylation sites (tertiary alicyclic amines) is 1. The molecule has 0 N–H and O–H groups in total. The first-order valence-electron chi connectivity index (χ1n) is 11.5. The Morgan fingerprint density at radius 3 is 2.79 bits per heavy atom. The van der Waals surface area contributed by atoms with E-state index in [-0.39, 0.29) is 16.7 Å². The summed E-state index contributed by atoms with van der Waals surface area (Å²) in [5.41, 5.74) is 1.40. The standard InChI is InChI=1S/C23H29FN6O2S/c1-3-32-22(31)30-14-23(15-30)11-18(13-33-23)28-6-8-29(9-7-28)21-19(10-17(24)12-26-21)20-4-5-25-16(2)27-20/h4-5,10,12,18H,3,6-9,11,13-15H2,1-2H3/t18-/m0/s1. The first-order chi connectivity index (χ1) is 16.0. The number of pyridine rings is 1. The zero-order valence-electron chi connectivity index (χ0n) is 19.0. The van der Waals surface area contributed by atoms with Crippen LogP contribution in [0, 0.1) is 12.7 Å². The molecule has 3 saturated heterocycles. The van der Waals surface area contributed by atoms with Gasteiger partial charge in [0.05, 0.1) is 23.2 Å². The predicted octanol–water partition coefficient (Wildman–Crippen LogP) is 2.82. The third-order valence-corrected chi connectivity index (χ3v) is 8.28. The van der Waals surface area contributed by atoms with Crippen molar-refractivity contribution in [3.63, 3.8) is 0 Å². The van der Waals surface area contributed by atoms with Gasteiger partial charge in [0.15, 0.2) is 0 Å². The molecule has 1 amide bonds. The second-order valence-electron chi connectivity index (χ2n) is 8.94. The number of aromatic nitrogens is 3. The Labute approximate surface area is 197 Å². The smallest absolute Gasteiger partial charge is 0.409 e. The number of carbonyl (C=O) groups excluding carboxylic acids is 1. The molecule has 0 bridgehead atoms. The molecule has 33 heavy (non-hydrogen) atoms. The molecule has 0 unspecified atom stereocenters. The van der Waals surface area contributed by atoms with Gasteiger partial charge in [-0.05, 0) is 32.4 Å². The number of ether oxygens (including phenoxy) is 1. The van der Waals surface area contributed by atoms with Crippen LogP contribution in [0.15, 0.2) is 24.5 Å². The second-order valence-corrected chi connectivity index (χ2v) is 10.4. The Kier molecular flexibility index (Phi) is 6.13. The molecular formula is C23H29FN6O2S. The Morgan fingerprint density at radius 1 is 1.27 bits per heavy atom. The topological polar surface area (TPSA) is 74.7 Å². The summed E-state index contributed by atoms with van der Waals surface area (Å²) in [5.74, 6) is 2.15. The van der Waals surface area contributed by atoms with Gasteiger partial charge >= 0.3 is 6.09 Å². The number of amides is 1. The normalized spacial score (nSPS) is 22.5. The van der Waals surface area contributed by atoms with Gasteiger partial charge in [-0.1, -0.05) is 0 Å². The number of thioether (sulfide) groups is 1. The number of nitrogens with zero attached hydrogens (tertiary/aromatic N) is 6. The molecule has 2 aromatic heterocycles. The van der Waals surface area contributed by atoms with E-state index in [0.717, 1.165) is 57.3 Å². The Morgan fingerprint density at radius 2 is 2.06 bits per heavy atom. The lowest BCUT2D eigenvalue weighted by Crippen LogP contribution is -2.61. The van der Waals surface area contributed by atoms with E-state index in [2.05, 4.69) is 24.8 Å². The minimum Gasteiger partial charge on any atom is -0.450 e. The zero-order chi connectivity index (χ0) is 23.0. The zero-order valence-corrected chi connectivity index (χ0v) is 19.9. The minimum atomic E-state index is -0.366. The molecule has 3 aliphatic rings. The SMILES string of the molecule is CCOC(=O)N1CC2(C[C@H](N3CCN(c4ncc(F)cc4-c4ccnc(C)n4)CC3)CS2)C1. The van der Waals surface area contributed by atoms with Gasteiger partial charge in [-0.15, -0.1) is 11.8 Å². The molecule has 2 aromatic rings. The van der Waals surface area contributed by atoms with E-state index in [1.807, 2.05) is 30.5 Å². The summed E-state index contributed by atoms with van der Waals surface area (Å²) in [6.45, 7) is 9.19. The molecule has 1 spiro atoms. The van der Waals surface area contributed by atoms with E-state index in [1.165, 1.54) is 12.3 Å². The van der Waals surface area contributed by atoms with E-state index in [9.17, 15) is 9.18 Å². The van der Waals surface area contributed by atoms with E-state index in [1.54, 1.807) is 12.3 Å². The van der Waals surface area contributed by atoms with Gasteiger partial charge in [-0.2, -0.15) is 0 Å². The summed E-state index contributed by atoms with van der Waals surface area (Å²) in [6.07, 6.45) is 3.89. The summed E-state index contributed by atoms with van der Waals surface area (Å²) >= 11 is 2.00. The largest absolute Gasteiger partial charge is 0.450 e. The Balaban J connectivity index is 1.21. The first kappa shape index (κ1) is 22.3. The number of carbonyl (C=O) groups is 1. The van der Waals surface area contributed by atoms with Gasteiger partial charge in [0.1, 0.15) is 17.5 Å². The fourth-order valence-corrected chi connectivity index (χ4v) is 6.73. The highest BCUT2D eigenvalue weighted by Crippen LogP contribution is 2.46. The van der Waals surface area contributed by atoms with Crippen molar-refractivity contribution in [3.8, 4) is 11.3 Å². The average molecular weight is 473 g/mol. The van der Waals surface area contributed by atoms with Crippen molar-refractivity contribution < 1.29 is 13.9 Å². The minimum absolute atomic E-state index is 0.186. The molecule has 0 saturated carbocycles. The second kappa shape index (κ2) is 9.06. The summed E-state index contributed by atoms with van der Waals surface area (Å²) in [4.78, 5) is 31.6. The third-order valence-electron chi connectivity index (χ3n) is 6.69. The van der Waals surface area contributed by atoms with Crippen molar-refractivity contribution in [2.24, 2.45) is 0 Å². The van der Waals surface area contributed by atoms with Crippen molar-refractivity contribution in [2.45, 2.75) is 31.1 Å². The number of piperazine rings is 1. The lowest BCUT2D eigenvalue weighted by Gasteiger charge is -2.47. The van der Waals surface area contributed by atoms with Gasteiger partial charge < -0.3 is 14.5 Å². The van der Waals surface area contributed by atoms with Crippen LogP contribution in [0.3, 0.4) is 0 Å². The molecule has 0 radical (unpaired) electrons. The average Bonchev–Trinajstić information content (AvgIpc) is 3.24. The predicted molar refractivity (Wildman–Crippen MR) is 126 cm³/mol. The molecule has 0 aliphatic carbocycles. The molecule has 10 heteroatoms. The number of aryl methyl sites for hydroxylation is 1. The number of anilines is 1. The quantitative estimate of drug-likeness (QED) is 0.673. The molecule has 5 heterocycles. The molecule has 5 rings (SSSR count). The number of hydrogen-bond donors (Lipinski definition) is 0. The van der Waals surface area contributed by atoms with Crippen molar-refractivity contribution in [1.29, 1.82) is 0 Å². The van der Waals surface area contributed by atoms with Gasteiger partial charge in [0.2, 0.25) is 0 Å². The molecule has 3 fully saturated rings. The summed E-state index contributed by atoms with van der Waals surface area (Å²) in [7, 11) is 0. The van der Waals surface area contributed by atoms with Gasteiger partial charge in [-0.3, -0.25) is 4.90 Å². The van der Waals surface area contributed by atoms with Crippen LogP contribution in [0.4, 0.5) is 15.0 Å². The molecule has 1 atom stereocenters. The van der Waals surface area contributed by atoms with Gasteiger partial charge in [0.25, 0.3) is 0 Å². The highest BCUT2D eigenvalue weighted by atomic mass is 32.2. The highest BCUT2D eigenvalue weighted by Gasteiger charge is 2.52. The monoisotopic (exact) mass is 472 g/mol. The third kappa shape index (κ3) is 4.50. The lowest BCUT2D eigenvalue weighted by atomic mass is 9.91. The molecule has 3 aliphatic heterocycles. The maximum absolute atomic E-state index is 14.0. The maximum atomic E-state index is 14.0. The first-order valence-corrected chi connectivity index (χ1v) is 12.5. The van der Waals surface area contributed by atoms with Crippen LogP contribution in [0.1, 0.15) is 19.2 Å². The van der Waals surface area contributed by atoms with Crippen molar-refractivity contribution in [2.75, 3.05) is 56.5 Å². The fraction of sp³-hybridized carbons (Fsp3) is 0.565. The van der Waals surface area contributed by atoms with Gasteiger partial charge in [-0.25, -0.2) is 24.1 Å². The van der Waals surface area contributed by atoms with Crippen LogP contribution in [0.5, 0.6) is 0 Å². The summed E-state index contributed by atoms with van der Waals surface area (Å²) < 4.78 is 19.3. The number of halogens is 1. The van der Waals surface area contributed by atoms with Crippen molar-refractivity contribution >= 4 is 23.7 Å². The fourth-order valence-electron chi connectivity index (χ4n) is 5.05. The van der Waals surface area contributed by atoms with Crippen LogP contribution in [-0.4, -0.2) is 93.3 Å². The molecular weight excluding hydrogens is 443 g/mol. The lowest BCUT2D eigenvalue weighted by molar-refractivity contribution is 0.0603. The van der Waals surface area contributed by atoms with E-state index in [4.69, 9.17) is 4.74 Å². The Bertz CT molecular complexity index is 1030. The molecule has 8 nitrogen and oxygen atoms in total. The maximum Gasteiger partial charge on any atom is 0.409 e. The van der Waals surface area contributed by atoms with Crippen molar-refractivity contribution in [3.05, 3.63) is 36.2 Å². The van der Waals surface area contributed by atoms with Crippen LogP contribution in [-0.2, 0) is 4.74 Å². The van der Waals surface area contributed by atoms with Crippen LogP contribution < -0.4 is 4.90 Å². The molecule has 176 valence electrons. The van der Waals surface area contributed by atoms with E-state index >= 15 is 0 Å². The summed E-state index contributed by atoms with van der Waals surface area (Å²) in [5, 5.41) is 0. The van der Waals surface area contributed by atoms with Gasteiger partial charge in [0, 0.05) is 62.8 Å². The Hall–Kier alpha value is -2.46. The van der Waals surface area contributed by atoms with Crippen LogP contribution in [0.25, 0.3) is 11.3 Å². The van der Waals surface area contributed by atoms with E-state index < -0.39 is 0 Å². The molecule has 0 aromatic carbocycles. The van der Waals surface area contributed by atoms with Crippen LogP contribution in [0.2, 0.25) is 0 Å². The number of rotatable bonds is 4. The van der Waals surface area contributed by atoms with E-state index in [0.29, 0.717) is 29.7 Å². The van der Waals surface area contributed by atoms with Crippen molar-refractivity contribution in [1.82, 2.24) is 24.8 Å².